The first-order valence-corrected chi connectivity index (χ1v) is 6.78. The summed E-state index contributed by atoms with van der Waals surface area (Å²) < 4.78 is 0. The van der Waals surface area contributed by atoms with Crippen molar-refractivity contribution >= 4 is 17.2 Å². The molecular formula is C12H18N2OS. The van der Waals surface area contributed by atoms with Gasteiger partial charge in [-0.15, -0.1) is 11.3 Å². The van der Waals surface area contributed by atoms with Crippen LogP contribution in [0.25, 0.3) is 0 Å². The molecule has 0 aromatic carbocycles. The van der Waals surface area contributed by atoms with Crippen molar-refractivity contribution in [2.45, 2.75) is 31.7 Å². The van der Waals surface area contributed by atoms with E-state index in [1.165, 1.54) is 11.3 Å². The van der Waals surface area contributed by atoms with Gasteiger partial charge in [0.15, 0.2) is 0 Å². The standard InChI is InChI=1S/C12H18N2OS/c15-12(11-5-1-2-7-13-11)14-8-6-10-4-3-9-16-10/h3-4,9,11,13H,1-2,5-8H2,(H,14,15)/t11-/m0/s1. The van der Waals surface area contributed by atoms with Crippen LogP contribution in [0.5, 0.6) is 0 Å². The van der Waals surface area contributed by atoms with E-state index in [9.17, 15) is 4.79 Å². The normalized spacial score (nSPS) is 20.6. The van der Waals surface area contributed by atoms with Gasteiger partial charge < -0.3 is 10.6 Å². The molecule has 88 valence electrons. The van der Waals surface area contributed by atoms with E-state index in [0.717, 1.165) is 32.4 Å². The van der Waals surface area contributed by atoms with Crippen LogP contribution in [-0.4, -0.2) is 25.0 Å². The second kappa shape index (κ2) is 6.01. The maximum absolute atomic E-state index is 11.8. The Hall–Kier alpha value is -0.870. The van der Waals surface area contributed by atoms with Crippen molar-refractivity contribution in [3.05, 3.63) is 22.4 Å². The molecule has 1 amide bonds. The van der Waals surface area contributed by atoms with E-state index < -0.39 is 0 Å². The second-order valence-corrected chi connectivity index (χ2v) is 5.16. The summed E-state index contributed by atoms with van der Waals surface area (Å²) in [5, 5.41) is 8.32. The fourth-order valence-corrected chi connectivity index (χ4v) is 2.67. The third-order valence-electron chi connectivity index (χ3n) is 2.88. The maximum atomic E-state index is 11.8. The van der Waals surface area contributed by atoms with Crippen LogP contribution in [0.1, 0.15) is 24.1 Å². The van der Waals surface area contributed by atoms with Crippen molar-refractivity contribution in [2.24, 2.45) is 0 Å². The molecule has 1 aromatic rings. The molecule has 1 atom stereocenters. The van der Waals surface area contributed by atoms with Gasteiger partial charge in [0, 0.05) is 11.4 Å². The summed E-state index contributed by atoms with van der Waals surface area (Å²) in [6.07, 6.45) is 4.27. The highest BCUT2D eigenvalue weighted by Crippen LogP contribution is 2.09. The molecule has 0 unspecified atom stereocenters. The molecule has 1 fully saturated rings. The van der Waals surface area contributed by atoms with Crippen LogP contribution in [0.4, 0.5) is 0 Å². The van der Waals surface area contributed by atoms with Gasteiger partial charge in [0.05, 0.1) is 6.04 Å². The van der Waals surface area contributed by atoms with Gasteiger partial charge in [-0.05, 0) is 37.3 Å². The number of thiophene rings is 1. The molecule has 1 aromatic heterocycles. The smallest absolute Gasteiger partial charge is 0.237 e. The summed E-state index contributed by atoms with van der Waals surface area (Å²) in [6, 6.07) is 4.19. The number of hydrogen-bond acceptors (Lipinski definition) is 3. The topological polar surface area (TPSA) is 41.1 Å². The summed E-state index contributed by atoms with van der Waals surface area (Å²) in [5.74, 6) is 0.163. The lowest BCUT2D eigenvalue weighted by atomic mass is 10.0. The lowest BCUT2D eigenvalue weighted by molar-refractivity contribution is -0.123. The van der Waals surface area contributed by atoms with E-state index in [1.807, 2.05) is 6.07 Å². The Kier molecular flexibility index (Phi) is 4.36. The Morgan fingerprint density at radius 1 is 1.56 bits per heavy atom. The van der Waals surface area contributed by atoms with Crippen molar-refractivity contribution < 1.29 is 4.79 Å². The molecule has 0 spiro atoms. The minimum Gasteiger partial charge on any atom is -0.354 e. The molecular weight excluding hydrogens is 220 g/mol. The van der Waals surface area contributed by atoms with E-state index in [1.54, 1.807) is 11.3 Å². The van der Waals surface area contributed by atoms with Crippen LogP contribution in [0.2, 0.25) is 0 Å². The van der Waals surface area contributed by atoms with Crippen molar-refractivity contribution in [2.75, 3.05) is 13.1 Å². The Labute approximate surface area is 100 Å². The number of rotatable bonds is 4. The summed E-state index contributed by atoms with van der Waals surface area (Å²) in [4.78, 5) is 13.1. The zero-order valence-electron chi connectivity index (χ0n) is 9.37. The quantitative estimate of drug-likeness (QED) is 0.835. The molecule has 1 saturated heterocycles. The average Bonchev–Trinajstić information content (AvgIpc) is 2.83. The molecule has 3 nitrogen and oxygen atoms in total. The molecule has 0 radical (unpaired) electrons. The zero-order chi connectivity index (χ0) is 11.2. The molecule has 2 rings (SSSR count). The molecule has 16 heavy (non-hydrogen) atoms. The molecule has 2 N–H and O–H groups in total. The minimum absolute atomic E-state index is 0.0390. The second-order valence-electron chi connectivity index (χ2n) is 4.12. The number of amides is 1. The first kappa shape index (κ1) is 11.6. The predicted octanol–water partition coefficient (Wildman–Crippen LogP) is 1.55. The van der Waals surface area contributed by atoms with Crippen LogP contribution in [0, 0.1) is 0 Å². The molecule has 0 saturated carbocycles. The first-order chi connectivity index (χ1) is 7.86. The molecule has 0 aliphatic carbocycles. The Morgan fingerprint density at radius 2 is 2.50 bits per heavy atom. The predicted molar refractivity (Wildman–Crippen MR) is 66.7 cm³/mol. The zero-order valence-corrected chi connectivity index (χ0v) is 10.2. The SMILES string of the molecule is O=C(NCCc1cccs1)[C@@H]1CCCCN1. The Bertz CT molecular complexity index is 318. The summed E-state index contributed by atoms with van der Waals surface area (Å²) >= 11 is 1.74. The van der Waals surface area contributed by atoms with Crippen LogP contribution in [-0.2, 0) is 11.2 Å². The van der Waals surface area contributed by atoms with E-state index in [4.69, 9.17) is 0 Å². The van der Waals surface area contributed by atoms with Crippen molar-refractivity contribution in [1.82, 2.24) is 10.6 Å². The highest BCUT2D eigenvalue weighted by molar-refractivity contribution is 7.09. The van der Waals surface area contributed by atoms with Gasteiger partial charge in [0.2, 0.25) is 5.91 Å². The van der Waals surface area contributed by atoms with Gasteiger partial charge in [0.25, 0.3) is 0 Å². The van der Waals surface area contributed by atoms with Gasteiger partial charge in [-0.25, -0.2) is 0 Å². The van der Waals surface area contributed by atoms with Gasteiger partial charge >= 0.3 is 0 Å². The number of nitrogens with one attached hydrogen (secondary N) is 2. The van der Waals surface area contributed by atoms with E-state index >= 15 is 0 Å². The van der Waals surface area contributed by atoms with E-state index in [2.05, 4.69) is 22.1 Å². The summed E-state index contributed by atoms with van der Waals surface area (Å²) in [6.45, 7) is 1.72. The van der Waals surface area contributed by atoms with Crippen LogP contribution in [0.3, 0.4) is 0 Å². The molecule has 2 heterocycles. The van der Waals surface area contributed by atoms with Crippen LogP contribution in [0.15, 0.2) is 17.5 Å². The average molecular weight is 238 g/mol. The monoisotopic (exact) mass is 238 g/mol. The lowest BCUT2D eigenvalue weighted by Crippen LogP contribution is -2.47. The third-order valence-corrected chi connectivity index (χ3v) is 3.81. The van der Waals surface area contributed by atoms with E-state index in [-0.39, 0.29) is 11.9 Å². The Balaban J connectivity index is 1.67. The number of hydrogen-bond donors (Lipinski definition) is 2. The van der Waals surface area contributed by atoms with Gasteiger partial charge in [0.1, 0.15) is 0 Å². The van der Waals surface area contributed by atoms with Crippen molar-refractivity contribution in [1.29, 1.82) is 0 Å². The lowest BCUT2D eigenvalue weighted by Gasteiger charge is -2.22. The number of carbonyl (C=O) groups excluding carboxylic acids is 1. The first-order valence-electron chi connectivity index (χ1n) is 5.90. The van der Waals surface area contributed by atoms with Gasteiger partial charge in [-0.3, -0.25) is 4.79 Å². The number of piperidine rings is 1. The Morgan fingerprint density at radius 3 is 3.19 bits per heavy atom. The largest absolute Gasteiger partial charge is 0.354 e. The minimum atomic E-state index is 0.0390. The van der Waals surface area contributed by atoms with Crippen molar-refractivity contribution in [3.8, 4) is 0 Å². The molecule has 0 bridgehead atoms. The van der Waals surface area contributed by atoms with E-state index in [0.29, 0.717) is 0 Å². The van der Waals surface area contributed by atoms with Crippen LogP contribution >= 0.6 is 11.3 Å². The van der Waals surface area contributed by atoms with Gasteiger partial charge in [-0.1, -0.05) is 12.5 Å². The van der Waals surface area contributed by atoms with Gasteiger partial charge in [-0.2, -0.15) is 0 Å². The highest BCUT2D eigenvalue weighted by atomic mass is 32.1. The fourth-order valence-electron chi connectivity index (χ4n) is 1.96. The van der Waals surface area contributed by atoms with Crippen LogP contribution < -0.4 is 10.6 Å². The molecule has 4 heteroatoms. The molecule has 1 aliphatic heterocycles. The third kappa shape index (κ3) is 3.32. The number of carbonyl (C=O) groups is 1. The van der Waals surface area contributed by atoms with Crippen molar-refractivity contribution in [3.63, 3.8) is 0 Å². The fraction of sp³-hybridized carbons (Fsp3) is 0.583. The maximum Gasteiger partial charge on any atom is 0.237 e. The summed E-state index contributed by atoms with van der Waals surface area (Å²) in [5.41, 5.74) is 0. The highest BCUT2D eigenvalue weighted by Gasteiger charge is 2.19. The summed E-state index contributed by atoms with van der Waals surface area (Å²) in [7, 11) is 0. The molecule has 1 aliphatic rings.